The Hall–Kier alpha value is -2.03. The molecule has 1 aliphatic rings. The molecule has 0 N–H and O–H groups in total. The van der Waals surface area contributed by atoms with Gasteiger partial charge in [0, 0.05) is 12.0 Å². The van der Waals surface area contributed by atoms with Crippen LogP contribution in [0.1, 0.15) is 33.5 Å². The van der Waals surface area contributed by atoms with E-state index in [2.05, 4.69) is 28.4 Å². The molecule has 2 aromatic rings. The van der Waals surface area contributed by atoms with Gasteiger partial charge in [-0.3, -0.25) is 4.79 Å². The Balaban J connectivity index is 1.79. The van der Waals surface area contributed by atoms with E-state index in [-0.39, 0.29) is 5.78 Å². The van der Waals surface area contributed by atoms with Crippen LogP contribution >= 0.6 is 0 Å². The second-order valence-electron chi connectivity index (χ2n) is 4.69. The van der Waals surface area contributed by atoms with Crippen molar-refractivity contribution in [1.29, 1.82) is 0 Å². The molecule has 1 aliphatic carbocycles. The first-order chi connectivity index (χ1) is 8.83. The summed E-state index contributed by atoms with van der Waals surface area (Å²) in [4.78, 5) is 12.0. The van der Waals surface area contributed by atoms with Gasteiger partial charge in [0.15, 0.2) is 5.78 Å². The molecule has 0 fully saturated rings. The highest BCUT2D eigenvalue weighted by Crippen LogP contribution is 2.23. The van der Waals surface area contributed by atoms with Gasteiger partial charge in [-0.05, 0) is 42.0 Å². The maximum absolute atomic E-state index is 12.0. The van der Waals surface area contributed by atoms with Gasteiger partial charge < -0.3 is 0 Å². The topological polar surface area (TPSA) is 42.9 Å². The van der Waals surface area contributed by atoms with Gasteiger partial charge in [-0.2, -0.15) is 10.2 Å². The van der Waals surface area contributed by atoms with Gasteiger partial charge in [0.25, 0.3) is 0 Å². The predicted molar refractivity (Wildman–Crippen MR) is 68.5 cm³/mol. The minimum absolute atomic E-state index is 0.0999. The van der Waals surface area contributed by atoms with Crippen molar-refractivity contribution in [3.8, 4) is 0 Å². The van der Waals surface area contributed by atoms with Crippen LogP contribution in [-0.4, -0.2) is 16.0 Å². The van der Waals surface area contributed by atoms with Crippen LogP contribution < -0.4 is 0 Å². The molecular weight excluding hydrogens is 224 g/mol. The third-order valence-electron chi connectivity index (χ3n) is 3.43. The lowest BCUT2D eigenvalue weighted by Crippen LogP contribution is -2.04. The number of hydrogen-bond acceptors (Lipinski definition) is 3. The number of rotatable bonds is 3. The molecule has 3 rings (SSSR count). The van der Waals surface area contributed by atoms with Gasteiger partial charge in [-0.25, -0.2) is 0 Å². The zero-order chi connectivity index (χ0) is 12.4. The quantitative estimate of drug-likeness (QED) is 0.771. The van der Waals surface area contributed by atoms with Crippen LogP contribution in [0.5, 0.6) is 0 Å². The molecule has 1 heterocycles. The van der Waals surface area contributed by atoms with Crippen LogP contribution in [0.25, 0.3) is 0 Å². The molecule has 0 radical (unpaired) electrons. The molecule has 0 atom stereocenters. The van der Waals surface area contributed by atoms with Gasteiger partial charge in [0.05, 0.1) is 12.4 Å². The Labute approximate surface area is 106 Å². The van der Waals surface area contributed by atoms with Crippen molar-refractivity contribution in [2.24, 2.45) is 0 Å². The fraction of sp³-hybridized carbons (Fsp3) is 0.267. The summed E-state index contributed by atoms with van der Waals surface area (Å²) >= 11 is 0. The summed E-state index contributed by atoms with van der Waals surface area (Å²) in [5, 5.41) is 7.41. The van der Waals surface area contributed by atoms with E-state index < -0.39 is 0 Å². The number of Topliss-reactive ketones (excluding diaryl/α,β-unsaturated/α-hetero) is 1. The molecule has 90 valence electrons. The lowest BCUT2D eigenvalue weighted by atomic mass is 10.0. The minimum Gasteiger partial charge on any atom is -0.294 e. The first-order valence-corrected chi connectivity index (χ1v) is 6.23. The molecule has 18 heavy (non-hydrogen) atoms. The van der Waals surface area contributed by atoms with Crippen molar-refractivity contribution >= 4 is 5.78 Å². The molecule has 3 heteroatoms. The van der Waals surface area contributed by atoms with Crippen LogP contribution in [0.15, 0.2) is 36.7 Å². The van der Waals surface area contributed by atoms with E-state index in [9.17, 15) is 4.79 Å². The molecule has 0 saturated carbocycles. The average molecular weight is 238 g/mol. The van der Waals surface area contributed by atoms with E-state index in [0.29, 0.717) is 12.0 Å². The van der Waals surface area contributed by atoms with Crippen molar-refractivity contribution < 1.29 is 4.79 Å². The first-order valence-electron chi connectivity index (χ1n) is 6.23. The van der Waals surface area contributed by atoms with Gasteiger partial charge in [0.1, 0.15) is 0 Å². The Morgan fingerprint density at radius 1 is 1.11 bits per heavy atom. The highest BCUT2D eigenvalue weighted by Gasteiger charge is 2.13. The number of aryl methyl sites for hydroxylation is 2. The van der Waals surface area contributed by atoms with E-state index >= 15 is 0 Å². The minimum atomic E-state index is 0.0999. The van der Waals surface area contributed by atoms with Crippen molar-refractivity contribution in [1.82, 2.24) is 10.2 Å². The fourth-order valence-electron chi connectivity index (χ4n) is 2.48. The summed E-state index contributed by atoms with van der Waals surface area (Å²) in [7, 11) is 0. The van der Waals surface area contributed by atoms with Crippen LogP contribution in [-0.2, 0) is 19.3 Å². The normalized spacial score (nSPS) is 13.3. The standard InChI is InChI=1S/C15H14N2O/c18-15(14-6-7-16-17-10-14)9-11-4-5-12-2-1-3-13(12)8-11/h4-8,10H,1-3,9H2. The van der Waals surface area contributed by atoms with E-state index in [4.69, 9.17) is 0 Å². The predicted octanol–water partition coefficient (Wildman–Crippen LogP) is 2.39. The number of fused-ring (bicyclic) bond motifs is 1. The first kappa shape index (κ1) is 11.1. The third-order valence-corrected chi connectivity index (χ3v) is 3.43. The maximum Gasteiger partial charge on any atom is 0.168 e. The zero-order valence-electron chi connectivity index (χ0n) is 10.1. The van der Waals surface area contributed by atoms with Gasteiger partial charge in [-0.1, -0.05) is 18.2 Å². The van der Waals surface area contributed by atoms with Gasteiger partial charge >= 0.3 is 0 Å². The molecule has 1 aromatic heterocycles. The number of carbonyl (C=O) groups is 1. The molecule has 0 amide bonds. The van der Waals surface area contributed by atoms with Gasteiger partial charge in [0.2, 0.25) is 0 Å². The van der Waals surface area contributed by atoms with Crippen LogP contribution in [0.4, 0.5) is 0 Å². The molecule has 0 unspecified atom stereocenters. The number of benzene rings is 1. The summed E-state index contributed by atoms with van der Waals surface area (Å²) in [5.41, 5.74) is 4.58. The second kappa shape index (κ2) is 4.69. The van der Waals surface area contributed by atoms with E-state index in [1.54, 1.807) is 12.3 Å². The van der Waals surface area contributed by atoms with Crippen molar-refractivity contribution in [2.45, 2.75) is 25.7 Å². The monoisotopic (exact) mass is 238 g/mol. The number of ketones is 1. The number of hydrogen-bond donors (Lipinski definition) is 0. The van der Waals surface area contributed by atoms with Crippen LogP contribution in [0.2, 0.25) is 0 Å². The summed E-state index contributed by atoms with van der Waals surface area (Å²) < 4.78 is 0. The number of nitrogens with zero attached hydrogens (tertiary/aromatic N) is 2. The van der Waals surface area contributed by atoms with Crippen molar-refractivity contribution in [3.63, 3.8) is 0 Å². The molecular formula is C15H14N2O. The van der Waals surface area contributed by atoms with Crippen LogP contribution in [0.3, 0.4) is 0 Å². The largest absolute Gasteiger partial charge is 0.294 e. The number of aromatic nitrogens is 2. The molecule has 0 spiro atoms. The summed E-state index contributed by atoms with van der Waals surface area (Å²) in [6, 6.07) is 8.12. The highest BCUT2D eigenvalue weighted by molar-refractivity contribution is 5.97. The smallest absolute Gasteiger partial charge is 0.168 e. The molecule has 1 aromatic carbocycles. The maximum atomic E-state index is 12.0. The Morgan fingerprint density at radius 2 is 2.00 bits per heavy atom. The van der Waals surface area contributed by atoms with Gasteiger partial charge in [-0.15, -0.1) is 0 Å². The fourth-order valence-corrected chi connectivity index (χ4v) is 2.48. The number of carbonyl (C=O) groups excluding carboxylic acids is 1. The second-order valence-corrected chi connectivity index (χ2v) is 4.69. The van der Waals surface area contributed by atoms with E-state index in [1.165, 1.54) is 30.2 Å². The molecule has 3 nitrogen and oxygen atoms in total. The van der Waals surface area contributed by atoms with E-state index in [0.717, 1.165) is 12.0 Å². The van der Waals surface area contributed by atoms with E-state index in [1.807, 2.05) is 0 Å². The van der Waals surface area contributed by atoms with Crippen molar-refractivity contribution in [3.05, 3.63) is 58.9 Å². The Kier molecular flexibility index (Phi) is 2.89. The lowest BCUT2D eigenvalue weighted by molar-refractivity contribution is 0.0992. The summed E-state index contributed by atoms with van der Waals surface area (Å²) in [6.45, 7) is 0. The molecule has 0 saturated heterocycles. The lowest BCUT2D eigenvalue weighted by Gasteiger charge is -2.04. The summed E-state index contributed by atoms with van der Waals surface area (Å²) in [5.74, 6) is 0.0999. The SMILES string of the molecule is O=C(Cc1ccc2c(c1)CCC2)c1ccnnc1. The van der Waals surface area contributed by atoms with Crippen LogP contribution in [0, 0.1) is 0 Å². The summed E-state index contributed by atoms with van der Waals surface area (Å²) in [6.07, 6.45) is 7.08. The highest BCUT2D eigenvalue weighted by atomic mass is 16.1. The third kappa shape index (κ3) is 2.16. The molecule has 0 bridgehead atoms. The Morgan fingerprint density at radius 3 is 2.83 bits per heavy atom. The Bertz CT molecular complexity index is 578. The molecule has 0 aliphatic heterocycles. The van der Waals surface area contributed by atoms with Crippen molar-refractivity contribution in [2.75, 3.05) is 0 Å². The zero-order valence-corrected chi connectivity index (χ0v) is 10.1. The average Bonchev–Trinajstić information content (AvgIpc) is 2.87.